The van der Waals surface area contributed by atoms with E-state index in [1.54, 1.807) is 21.3 Å². The van der Waals surface area contributed by atoms with Crippen molar-refractivity contribution in [1.29, 1.82) is 0 Å². The molecule has 0 spiro atoms. The molecular weight excluding hydrogens is 332 g/mol. The topological polar surface area (TPSA) is 84.0 Å². The van der Waals surface area contributed by atoms with E-state index in [1.807, 2.05) is 45.9 Å². The number of methoxy groups -OCH3 is 2. The predicted octanol–water partition coefficient (Wildman–Crippen LogP) is 2.09. The van der Waals surface area contributed by atoms with Crippen LogP contribution in [0.3, 0.4) is 0 Å². The second-order valence-corrected chi connectivity index (χ2v) is 6.98. The molecule has 0 heterocycles. The van der Waals surface area contributed by atoms with Gasteiger partial charge in [-0.15, -0.1) is 0 Å². The summed E-state index contributed by atoms with van der Waals surface area (Å²) in [7, 11) is 4.98. The highest BCUT2D eigenvalue weighted by Gasteiger charge is 2.20. The van der Waals surface area contributed by atoms with Gasteiger partial charge in [0.1, 0.15) is 11.5 Å². The molecule has 0 aromatic heterocycles. The predicted molar refractivity (Wildman–Crippen MR) is 105 cm³/mol. The zero-order chi connectivity index (χ0) is 19.7. The van der Waals surface area contributed by atoms with Gasteiger partial charge < -0.3 is 25.4 Å². The Morgan fingerprint density at radius 2 is 1.81 bits per heavy atom. The first kappa shape index (κ1) is 21.6. The minimum atomic E-state index is -0.392. The molecule has 1 amide bonds. The van der Waals surface area contributed by atoms with Crippen molar-refractivity contribution in [2.24, 2.45) is 10.4 Å². The fraction of sp³-hybridized carbons (Fsp3) is 0.579. The number of ether oxygens (including phenoxy) is 2. The summed E-state index contributed by atoms with van der Waals surface area (Å²) in [4.78, 5) is 16.1. The number of nitrogens with zero attached hydrogens (tertiary/aromatic N) is 1. The second-order valence-electron chi connectivity index (χ2n) is 6.98. The van der Waals surface area contributed by atoms with E-state index in [9.17, 15) is 4.79 Å². The third-order valence-corrected chi connectivity index (χ3v) is 3.86. The summed E-state index contributed by atoms with van der Waals surface area (Å²) >= 11 is 0. The van der Waals surface area contributed by atoms with Gasteiger partial charge in [-0.2, -0.15) is 0 Å². The Morgan fingerprint density at radius 1 is 1.15 bits per heavy atom. The zero-order valence-electron chi connectivity index (χ0n) is 16.9. The molecule has 1 atom stereocenters. The van der Waals surface area contributed by atoms with E-state index in [4.69, 9.17) is 9.47 Å². The number of hydrogen-bond donors (Lipinski definition) is 3. The van der Waals surface area contributed by atoms with Crippen molar-refractivity contribution in [2.45, 2.75) is 33.7 Å². The van der Waals surface area contributed by atoms with Crippen LogP contribution in [0.4, 0.5) is 0 Å². The quantitative estimate of drug-likeness (QED) is 0.392. The summed E-state index contributed by atoms with van der Waals surface area (Å²) in [6.45, 7) is 8.78. The molecule has 1 unspecified atom stereocenters. The molecule has 26 heavy (non-hydrogen) atoms. The lowest BCUT2D eigenvalue weighted by Crippen LogP contribution is -2.44. The van der Waals surface area contributed by atoms with Crippen LogP contribution in [0.15, 0.2) is 23.2 Å². The van der Waals surface area contributed by atoms with E-state index in [-0.39, 0.29) is 11.9 Å². The lowest BCUT2D eigenvalue weighted by atomic mass is 9.96. The van der Waals surface area contributed by atoms with E-state index < -0.39 is 5.41 Å². The van der Waals surface area contributed by atoms with Crippen molar-refractivity contribution in [3.05, 3.63) is 23.8 Å². The monoisotopic (exact) mass is 364 g/mol. The van der Waals surface area contributed by atoms with Gasteiger partial charge in [-0.3, -0.25) is 9.79 Å². The first-order valence-corrected chi connectivity index (χ1v) is 8.70. The van der Waals surface area contributed by atoms with Gasteiger partial charge in [0, 0.05) is 31.1 Å². The van der Waals surface area contributed by atoms with Crippen molar-refractivity contribution in [3.63, 3.8) is 0 Å². The Hall–Kier alpha value is -2.44. The van der Waals surface area contributed by atoms with Crippen molar-refractivity contribution >= 4 is 11.9 Å². The molecule has 0 bridgehead atoms. The van der Waals surface area contributed by atoms with Gasteiger partial charge in [0.05, 0.1) is 20.3 Å². The number of benzene rings is 1. The van der Waals surface area contributed by atoms with Gasteiger partial charge in [-0.1, -0.05) is 20.8 Å². The number of hydrogen-bond acceptors (Lipinski definition) is 4. The molecule has 1 rings (SSSR count). The van der Waals surface area contributed by atoms with Gasteiger partial charge in [-0.25, -0.2) is 0 Å². The average Bonchev–Trinajstić information content (AvgIpc) is 2.62. The lowest BCUT2D eigenvalue weighted by Gasteiger charge is -2.21. The maximum Gasteiger partial charge on any atom is 0.225 e. The minimum absolute atomic E-state index is 0.0248. The fourth-order valence-corrected chi connectivity index (χ4v) is 2.28. The van der Waals surface area contributed by atoms with Crippen LogP contribution in [-0.4, -0.2) is 46.2 Å². The Bertz CT molecular complexity index is 624. The Morgan fingerprint density at radius 3 is 2.35 bits per heavy atom. The molecule has 146 valence electrons. The highest BCUT2D eigenvalue weighted by molar-refractivity contribution is 5.82. The van der Waals surface area contributed by atoms with Crippen LogP contribution in [0.25, 0.3) is 0 Å². The Balaban J connectivity index is 2.61. The van der Waals surface area contributed by atoms with Gasteiger partial charge in [0.25, 0.3) is 0 Å². The van der Waals surface area contributed by atoms with Crippen molar-refractivity contribution < 1.29 is 14.3 Å². The number of nitrogens with one attached hydrogen (secondary N) is 3. The zero-order valence-corrected chi connectivity index (χ0v) is 16.9. The highest BCUT2D eigenvalue weighted by atomic mass is 16.5. The molecule has 0 fully saturated rings. The second kappa shape index (κ2) is 9.89. The van der Waals surface area contributed by atoms with Crippen LogP contribution >= 0.6 is 0 Å². The molecule has 1 aromatic carbocycles. The molecule has 0 saturated heterocycles. The van der Waals surface area contributed by atoms with Crippen LogP contribution in [0.2, 0.25) is 0 Å². The summed E-state index contributed by atoms with van der Waals surface area (Å²) in [5.41, 5.74) is 0.577. The molecule has 1 aromatic rings. The van der Waals surface area contributed by atoms with Crippen LogP contribution in [0.1, 0.15) is 39.3 Å². The SMILES string of the molecule is CN=C(NCCNC(=O)C(C)(C)C)NC(C)c1cc(OC)ccc1OC. The van der Waals surface area contributed by atoms with Crippen LogP contribution < -0.4 is 25.4 Å². The van der Waals surface area contributed by atoms with E-state index >= 15 is 0 Å². The van der Waals surface area contributed by atoms with E-state index in [2.05, 4.69) is 20.9 Å². The molecule has 7 heteroatoms. The first-order chi connectivity index (χ1) is 12.2. The first-order valence-electron chi connectivity index (χ1n) is 8.70. The summed E-state index contributed by atoms with van der Waals surface area (Å²) in [5.74, 6) is 2.21. The maximum absolute atomic E-state index is 11.9. The number of guanidine groups is 1. The Kier molecular flexibility index (Phi) is 8.22. The van der Waals surface area contributed by atoms with Gasteiger partial charge in [-0.05, 0) is 25.1 Å². The van der Waals surface area contributed by atoms with Crippen molar-refractivity contribution in [2.75, 3.05) is 34.4 Å². The van der Waals surface area contributed by atoms with Crippen LogP contribution in [0, 0.1) is 5.41 Å². The molecule has 7 nitrogen and oxygen atoms in total. The van der Waals surface area contributed by atoms with Gasteiger partial charge in [0.15, 0.2) is 5.96 Å². The van der Waals surface area contributed by atoms with Crippen molar-refractivity contribution in [3.8, 4) is 11.5 Å². The van der Waals surface area contributed by atoms with E-state index in [1.165, 1.54) is 0 Å². The normalized spacial score (nSPS) is 13.0. The number of carbonyl (C=O) groups is 1. The number of rotatable bonds is 7. The Labute approximate surface area is 156 Å². The molecule has 0 aliphatic carbocycles. The van der Waals surface area contributed by atoms with E-state index in [0.29, 0.717) is 19.0 Å². The molecule has 0 aliphatic heterocycles. The molecule has 0 radical (unpaired) electrons. The van der Waals surface area contributed by atoms with E-state index in [0.717, 1.165) is 17.1 Å². The molecule has 3 N–H and O–H groups in total. The smallest absolute Gasteiger partial charge is 0.225 e. The summed E-state index contributed by atoms with van der Waals surface area (Å²) in [6.07, 6.45) is 0. The number of carbonyl (C=O) groups excluding carboxylic acids is 1. The third kappa shape index (κ3) is 6.46. The average molecular weight is 364 g/mol. The summed E-state index contributed by atoms with van der Waals surface area (Å²) in [6, 6.07) is 5.63. The van der Waals surface area contributed by atoms with Crippen LogP contribution in [0.5, 0.6) is 11.5 Å². The highest BCUT2D eigenvalue weighted by Crippen LogP contribution is 2.29. The molecule has 0 aliphatic rings. The standard InChI is InChI=1S/C19H32N4O3/c1-13(15-12-14(25-6)8-9-16(15)26-7)23-18(20-5)22-11-10-21-17(24)19(2,3)4/h8-9,12-13H,10-11H2,1-7H3,(H,21,24)(H2,20,22,23). The number of aliphatic imine (C=N–C) groups is 1. The number of amides is 1. The summed E-state index contributed by atoms with van der Waals surface area (Å²) < 4.78 is 10.7. The lowest BCUT2D eigenvalue weighted by molar-refractivity contribution is -0.128. The molecule has 0 saturated carbocycles. The van der Waals surface area contributed by atoms with Crippen molar-refractivity contribution in [1.82, 2.24) is 16.0 Å². The maximum atomic E-state index is 11.9. The minimum Gasteiger partial charge on any atom is -0.497 e. The fourth-order valence-electron chi connectivity index (χ4n) is 2.28. The largest absolute Gasteiger partial charge is 0.497 e. The van der Waals surface area contributed by atoms with Gasteiger partial charge in [0.2, 0.25) is 5.91 Å². The molecular formula is C19H32N4O3. The summed E-state index contributed by atoms with van der Waals surface area (Å²) in [5, 5.41) is 9.41. The van der Waals surface area contributed by atoms with Gasteiger partial charge >= 0.3 is 0 Å². The van der Waals surface area contributed by atoms with Crippen LogP contribution in [-0.2, 0) is 4.79 Å². The third-order valence-electron chi connectivity index (χ3n) is 3.86.